The van der Waals surface area contributed by atoms with Crippen LogP contribution in [-0.4, -0.2) is 38.0 Å². The van der Waals surface area contributed by atoms with Crippen molar-refractivity contribution < 1.29 is 23.8 Å². The molecule has 0 bridgehead atoms. The van der Waals surface area contributed by atoms with Crippen LogP contribution in [0.15, 0.2) is 59.1 Å². The third-order valence-electron chi connectivity index (χ3n) is 4.24. The maximum atomic E-state index is 12.8. The molecule has 6 nitrogen and oxygen atoms in total. The summed E-state index contributed by atoms with van der Waals surface area (Å²) in [5.74, 6) is 0.497. The van der Waals surface area contributed by atoms with Crippen molar-refractivity contribution in [2.45, 2.75) is 13.5 Å². The molecule has 2 aromatic rings. The predicted octanol–water partition coefficient (Wildman–Crippen LogP) is 4.62. The van der Waals surface area contributed by atoms with Crippen LogP contribution in [0.3, 0.4) is 0 Å². The molecule has 0 aliphatic rings. The highest BCUT2D eigenvalue weighted by molar-refractivity contribution is 9.10. The van der Waals surface area contributed by atoms with Gasteiger partial charge in [0, 0.05) is 16.1 Å². The fourth-order valence-corrected chi connectivity index (χ4v) is 2.97. The molecule has 0 saturated heterocycles. The molecule has 0 heterocycles. The topological polar surface area (TPSA) is 65.1 Å². The molecule has 0 aromatic heterocycles. The molecule has 0 spiro atoms. The Labute approximate surface area is 184 Å². The van der Waals surface area contributed by atoms with E-state index >= 15 is 0 Å². The van der Waals surface area contributed by atoms with Crippen LogP contribution in [0.2, 0.25) is 0 Å². The highest BCUT2D eigenvalue weighted by atomic mass is 79.9. The van der Waals surface area contributed by atoms with Gasteiger partial charge in [0.15, 0.2) is 11.5 Å². The number of amides is 2. The molecule has 2 amide bonds. The van der Waals surface area contributed by atoms with Crippen LogP contribution < -0.4 is 14.2 Å². The first-order valence-electron chi connectivity index (χ1n) is 9.04. The normalized spacial score (nSPS) is 10.6. The number of carbonyl (C=O) groups excluding carboxylic acids is 2. The van der Waals surface area contributed by atoms with Gasteiger partial charge in [0.2, 0.25) is 5.75 Å². The zero-order chi connectivity index (χ0) is 22.3. The summed E-state index contributed by atoms with van der Waals surface area (Å²) in [7, 11) is 4.55. The van der Waals surface area contributed by atoms with E-state index in [1.54, 1.807) is 25.1 Å². The van der Waals surface area contributed by atoms with Gasteiger partial charge in [0.05, 0.1) is 27.9 Å². The second kappa shape index (κ2) is 10.6. The van der Waals surface area contributed by atoms with E-state index in [9.17, 15) is 9.59 Å². The number of halogens is 1. The third-order valence-corrected chi connectivity index (χ3v) is 4.76. The van der Waals surface area contributed by atoms with E-state index in [2.05, 4.69) is 22.5 Å². The van der Waals surface area contributed by atoms with Crippen LogP contribution in [0.4, 0.5) is 0 Å². The van der Waals surface area contributed by atoms with E-state index < -0.39 is 11.8 Å². The van der Waals surface area contributed by atoms with Gasteiger partial charge in [-0.05, 0) is 48.4 Å². The molecule has 158 valence electrons. The fraction of sp³-hybridized carbons (Fsp3) is 0.217. The molecule has 0 radical (unpaired) electrons. The third kappa shape index (κ3) is 5.73. The number of hydrogen-bond acceptors (Lipinski definition) is 5. The maximum Gasteiger partial charge on any atom is 0.256 e. The molecule has 7 heteroatoms. The Morgan fingerprint density at radius 2 is 1.60 bits per heavy atom. The number of rotatable bonds is 8. The first-order valence-corrected chi connectivity index (χ1v) is 9.83. The second-order valence-corrected chi connectivity index (χ2v) is 7.34. The number of ether oxygens (including phenoxy) is 3. The molecule has 2 rings (SSSR count). The number of benzene rings is 2. The summed E-state index contributed by atoms with van der Waals surface area (Å²) < 4.78 is 16.9. The highest BCUT2D eigenvalue weighted by Crippen LogP contribution is 2.38. The fourth-order valence-electron chi connectivity index (χ4n) is 2.71. The number of carbonyl (C=O) groups is 2. The Kier molecular flexibility index (Phi) is 8.24. The van der Waals surface area contributed by atoms with Crippen molar-refractivity contribution >= 4 is 33.8 Å². The number of imide groups is 1. The Bertz CT molecular complexity index is 941. The van der Waals surface area contributed by atoms with Crippen molar-refractivity contribution in [3.8, 4) is 17.2 Å². The van der Waals surface area contributed by atoms with Gasteiger partial charge < -0.3 is 14.2 Å². The lowest BCUT2D eigenvalue weighted by Crippen LogP contribution is -2.35. The molecule has 0 saturated carbocycles. The monoisotopic (exact) mass is 473 g/mol. The second-order valence-electron chi connectivity index (χ2n) is 6.43. The smallest absolute Gasteiger partial charge is 0.256 e. The Morgan fingerprint density at radius 3 is 2.07 bits per heavy atom. The van der Waals surface area contributed by atoms with Crippen molar-refractivity contribution in [1.29, 1.82) is 0 Å². The summed E-state index contributed by atoms with van der Waals surface area (Å²) in [5.41, 5.74) is 1.76. The minimum absolute atomic E-state index is 0.136. The van der Waals surface area contributed by atoms with Crippen molar-refractivity contribution in [3.05, 3.63) is 70.2 Å². The van der Waals surface area contributed by atoms with Crippen LogP contribution in [0.5, 0.6) is 17.2 Å². The summed E-state index contributed by atoms with van der Waals surface area (Å²) in [4.78, 5) is 26.6. The molecule has 0 atom stereocenters. The summed E-state index contributed by atoms with van der Waals surface area (Å²) in [5, 5.41) is 0. The van der Waals surface area contributed by atoms with Crippen molar-refractivity contribution in [3.63, 3.8) is 0 Å². The average molecular weight is 474 g/mol. The predicted molar refractivity (Wildman–Crippen MR) is 120 cm³/mol. The SMILES string of the molecule is C=C(C)C(=O)N(Cc1ccc(Br)cc1)C(=O)/C=C/c1cc(OC)c(OC)c(OC)c1. The molecule has 2 aromatic carbocycles. The number of nitrogens with zero attached hydrogens (tertiary/aromatic N) is 1. The van der Waals surface area contributed by atoms with Crippen LogP contribution in [0.1, 0.15) is 18.1 Å². The van der Waals surface area contributed by atoms with Gasteiger partial charge in [-0.15, -0.1) is 0 Å². The summed E-state index contributed by atoms with van der Waals surface area (Å²) in [6.45, 7) is 5.39. The lowest BCUT2D eigenvalue weighted by molar-refractivity contribution is -0.140. The quantitative estimate of drug-likeness (QED) is 0.523. The van der Waals surface area contributed by atoms with E-state index in [1.807, 2.05) is 24.3 Å². The molecular formula is C23H24BrNO5. The van der Waals surface area contributed by atoms with Crippen LogP contribution in [0, 0.1) is 0 Å². The summed E-state index contributed by atoms with van der Waals surface area (Å²) >= 11 is 3.37. The molecule has 0 unspecified atom stereocenters. The van der Waals surface area contributed by atoms with Crippen LogP contribution in [-0.2, 0) is 16.1 Å². The van der Waals surface area contributed by atoms with Crippen molar-refractivity contribution in [2.24, 2.45) is 0 Å². The van der Waals surface area contributed by atoms with Gasteiger partial charge in [-0.2, -0.15) is 0 Å². The number of methoxy groups -OCH3 is 3. The zero-order valence-corrected chi connectivity index (χ0v) is 19.0. The molecule has 0 N–H and O–H groups in total. The highest BCUT2D eigenvalue weighted by Gasteiger charge is 2.20. The molecule has 0 aliphatic heterocycles. The average Bonchev–Trinajstić information content (AvgIpc) is 2.75. The first kappa shape index (κ1) is 23.2. The minimum atomic E-state index is -0.459. The Balaban J connectivity index is 2.32. The van der Waals surface area contributed by atoms with Gasteiger partial charge >= 0.3 is 0 Å². The Hall–Kier alpha value is -3.06. The molecular weight excluding hydrogens is 450 g/mol. The lowest BCUT2D eigenvalue weighted by Gasteiger charge is -2.19. The molecule has 30 heavy (non-hydrogen) atoms. The minimum Gasteiger partial charge on any atom is -0.493 e. The van der Waals surface area contributed by atoms with E-state index in [0.717, 1.165) is 14.9 Å². The van der Waals surface area contributed by atoms with Gasteiger partial charge in [-0.1, -0.05) is 34.6 Å². The van der Waals surface area contributed by atoms with Gasteiger partial charge in [0.25, 0.3) is 11.8 Å². The van der Waals surface area contributed by atoms with Crippen LogP contribution >= 0.6 is 15.9 Å². The van der Waals surface area contributed by atoms with E-state index in [4.69, 9.17) is 14.2 Å². The van der Waals surface area contributed by atoms with E-state index in [0.29, 0.717) is 22.8 Å². The maximum absolute atomic E-state index is 12.8. The molecule has 0 aliphatic carbocycles. The lowest BCUT2D eigenvalue weighted by atomic mass is 10.1. The Morgan fingerprint density at radius 1 is 1.03 bits per heavy atom. The molecule has 0 fully saturated rings. The zero-order valence-electron chi connectivity index (χ0n) is 17.4. The standard InChI is InChI=1S/C23H24BrNO5/c1-15(2)23(27)25(14-16-6-9-18(24)10-7-16)21(26)11-8-17-12-19(28-3)22(30-5)20(13-17)29-4/h6-13H,1,14H2,2-5H3/b11-8+. The summed E-state index contributed by atoms with van der Waals surface area (Å²) in [6, 6.07) is 10.8. The van der Waals surface area contributed by atoms with Crippen molar-refractivity contribution in [2.75, 3.05) is 21.3 Å². The van der Waals surface area contributed by atoms with E-state index in [1.165, 1.54) is 27.4 Å². The van der Waals surface area contributed by atoms with Gasteiger partial charge in [-0.3, -0.25) is 14.5 Å². The van der Waals surface area contributed by atoms with E-state index in [-0.39, 0.29) is 12.1 Å². The largest absolute Gasteiger partial charge is 0.493 e. The van der Waals surface area contributed by atoms with Gasteiger partial charge in [-0.25, -0.2) is 0 Å². The van der Waals surface area contributed by atoms with Gasteiger partial charge in [0.1, 0.15) is 0 Å². The first-order chi connectivity index (χ1) is 14.3. The van der Waals surface area contributed by atoms with Crippen LogP contribution in [0.25, 0.3) is 6.08 Å². The number of hydrogen-bond donors (Lipinski definition) is 0. The summed E-state index contributed by atoms with van der Waals surface area (Å²) in [6.07, 6.45) is 2.92. The van der Waals surface area contributed by atoms with Crippen molar-refractivity contribution in [1.82, 2.24) is 4.90 Å².